The third-order valence-corrected chi connectivity index (χ3v) is 5.22. The molecule has 2 amide bonds. The molecular weight excluding hydrogens is 394 g/mol. The molecule has 0 saturated carbocycles. The van der Waals surface area contributed by atoms with E-state index in [1.54, 1.807) is 30.3 Å². The van der Waals surface area contributed by atoms with Crippen LogP contribution in [0, 0.1) is 0 Å². The largest absolute Gasteiger partial charge is 0.469 e. The molecule has 2 aromatic rings. The number of carbonyl (C=O) groups excluding carboxylic acids is 3. The summed E-state index contributed by atoms with van der Waals surface area (Å²) in [7, 11) is 1.29. The number of hydrogen-bond donors (Lipinski definition) is 0. The third-order valence-electron chi connectivity index (χ3n) is 5.22. The molecule has 0 spiro atoms. The van der Waals surface area contributed by atoms with E-state index in [0.29, 0.717) is 5.69 Å². The van der Waals surface area contributed by atoms with Crippen LogP contribution in [0.25, 0.3) is 6.08 Å². The van der Waals surface area contributed by atoms with Gasteiger partial charge in [-0.25, -0.2) is 10.0 Å². The molecule has 1 aliphatic heterocycles. The van der Waals surface area contributed by atoms with E-state index in [0.717, 1.165) is 24.3 Å². The van der Waals surface area contributed by atoms with Crippen molar-refractivity contribution in [1.29, 1.82) is 0 Å². The highest BCUT2D eigenvalue weighted by molar-refractivity contribution is 6.31. The summed E-state index contributed by atoms with van der Waals surface area (Å²) in [5.41, 5.74) is 2.47. The van der Waals surface area contributed by atoms with Gasteiger partial charge in [-0.2, -0.15) is 0 Å². The van der Waals surface area contributed by atoms with Gasteiger partial charge in [-0.15, -0.1) is 0 Å². The Labute approximate surface area is 182 Å². The Balaban J connectivity index is 1.92. The lowest BCUT2D eigenvalue weighted by molar-refractivity contribution is -0.141. The number of benzene rings is 2. The van der Waals surface area contributed by atoms with Crippen molar-refractivity contribution in [1.82, 2.24) is 5.01 Å². The lowest BCUT2D eigenvalue weighted by atomic mass is 10.1. The number of carbonyl (C=O) groups is 3. The number of ether oxygens (including phenoxy) is 1. The summed E-state index contributed by atoms with van der Waals surface area (Å²) in [5, 5.41) is 2.62. The molecule has 0 atom stereocenters. The first-order valence-electron chi connectivity index (χ1n) is 10.3. The number of para-hydroxylation sites is 1. The van der Waals surface area contributed by atoms with Gasteiger partial charge in [0.15, 0.2) is 0 Å². The first-order valence-corrected chi connectivity index (χ1v) is 10.3. The maximum atomic E-state index is 13.2. The monoisotopic (exact) mass is 421 g/mol. The molecule has 1 heterocycles. The van der Waals surface area contributed by atoms with Crippen molar-refractivity contribution in [3.8, 4) is 0 Å². The first-order chi connectivity index (χ1) is 15.0. The first kappa shape index (κ1) is 22.1. The minimum Gasteiger partial charge on any atom is -0.469 e. The number of rotatable bonds is 8. The van der Waals surface area contributed by atoms with E-state index < -0.39 is 17.8 Å². The van der Waals surface area contributed by atoms with Crippen LogP contribution in [0.2, 0.25) is 0 Å². The Morgan fingerprint density at radius 1 is 0.968 bits per heavy atom. The third kappa shape index (κ3) is 4.77. The van der Waals surface area contributed by atoms with Crippen molar-refractivity contribution in [2.75, 3.05) is 36.7 Å². The number of hydrazine groups is 1. The smallest absolute Gasteiger partial charge is 0.307 e. The second-order valence-electron chi connectivity index (χ2n) is 7.03. The predicted octanol–water partition coefficient (Wildman–Crippen LogP) is 3.27. The van der Waals surface area contributed by atoms with Gasteiger partial charge in [0.25, 0.3) is 11.8 Å². The minimum absolute atomic E-state index is 0.00923. The number of hydrogen-bond acceptors (Lipinski definition) is 5. The highest BCUT2D eigenvalue weighted by Gasteiger charge is 2.41. The zero-order chi connectivity index (χ0) is 22.4. The van der Waals surface area contributed by atoms with E-state index >= 15 is 0 Å². The molecule has 0 radical (unpaired) electrons. The molecule has 162 valence electrons. The predicted molar refractivity (Wildman–Crippen MR) is 120 cm³/mol. The molecule has 0 aliphatic carbocycles. The van der Waals surface area contributed by atoms with E-state index in [1.807, 2.05) is 30.3 Å². The van der Waals surface area contributed by atoms with Crippen LogP contribution in [0.1, 0.15) is 25.8 Å². The SMILES string of the molecule is CCN(CC)c1ccc(/C=C2\C(=O)N(CCC(=O)OC)N(c3ccccc3)C2=O)cc1. The second-order valence-corrected chi connectivity index (χ2v) is 7.03. The van der Waals surface area contributed by atoms with Crippen molar-refractivity contribution in [2.24, 2.45) is 0 Å². The highest BCUT2D eigenvalue weighted by atomic mass is 16.5. The zero-order valence-electron chi connectivity index (χ0n) is 18.1. The van der Waals surface area contributed by atoms with E-state index in [1.165, 1.54) is 17.1 Å². The van der Waals surface area contributed by atoms with Crippen LogP contribution < -0.4 is 9.91 Å². The quantitative estimate of drug-likeness (QED) is 0.372. The summed E-state index contributed by atoms with van der Waals surface area (Å²) in [6, 6.07) is 16.7. The zero-order valence-corrected chi connectivity index (χ0v) is 18.1. The number of amides is 2. The minimum atomic E-state index is -0.447. The summed E-state index contributed by atoms with van der Waals surface area (Å²) in [6.45, 7) is 6.03. The van der Waals surface area contributed by atoms with Crippen LogP contribution in [0.15, 0.2) is 60.2 Å². The molecule has 1 aliphatic rings. The van der Waals surface area contributed by atoms with Crippen LogP contribution in [-0.2, 0) is 19.1 Å². The summed E-state index contributed by atoms with van der Waals surface area (Å²) < 4.78 is 4.69. The molecule has 7 heteroatoms. The van der Waals surface area contributed by atoms with E-state index in [9.17, 15) is 14.4 Å². The van der Waals surface area contributed by atoms with Crippen LogP contribution in [0.3, 0.4) is 0 Å². The lowest BCUT2D eigenvalue weighted by Gasteiger charge is -2.26. The number of anilines is 2. The van der Waals surface area contributed by atoms with Gasteiger partial charge in [0.1, 0.15) is 5.57 Å². The second kappa shape index (κ2) is 9.93. The van der Waals surface area contributed by atoms with E-state index in [2.05, 4.69) is 23.5 Å². The van der Waals surface area contributed by atoms with Crippen molar-refractivity contribution < 1.29 is 19.1 Å². The van der Waals surface area contributed by atoms with Gasteiger partial charge in [0, 0.05) is 18.8 Å². The van der Waals surface area contributed by atoms with Gasteiger partial charge in [-0.1, -0.05) is 30.3 Å². The molecule has 2 aromatic carbocycles. The average Bonchev–Trinajstić information content (AvgIpc) is 3.04. The molecule has 0 bridgehead atoms. The van der Waals surface area contributed by atoms with Crippen LogP contribution in [-0.4, -0.2) is 49.5 Å². The van der Waals surface area contributed by atoms with E-state index in [4.69, 9.17) is 0 Å². The van der Waals surface area contributed by atoms with Gasteiger partial charge in [0.2, 0.25) is 0 Å². The summed E-state index contributed by atoms with van der Waals surface area (Å²) in [5.74, 6) is -1.31. The fourth-order valence-corrected chi connectivity index (χ4v) is 3.53. The maximum Gasteiger partial charge on any atom is 0.307 e. The van der Waals surface area contributed by atoms with E-state index in [-0.39, 0.29) is 18.5 Å². The standard InChI is InChI=1S/C24H27N3O4/c1-4-25(5-2)19-13-11-18(12-14-19)17-21-23(29)26(16-15-22(28)31-3)27(24(21)30)20-9-7-6-8-10-20/h6-14,17H,4-5,15-16H2,1-3H3/b21-17+. The molecule has 0 unspecified atom stereocenters. The van der Waals surface area contributed by atoms with Gasteiger partial charge in [-0.3, -0.25) is 14.4 Å². The normalized spacial score (nSPS) is 15.0. The Hall–Kier alpha value is -3.61. The topological polar surface area (TPSA) is 70.2 Å². The van der Waals surface area contributed by atoms with Crippen molar-refractivity contribution >= 4 is 35.2 Å². The van der Waals surface area contributed by atoms with Crippen molar-refractivity contribution in [3.05, 3.63) is 65.7 Å². The maximum absolute atomic E-state index is 13.2. The number of nitrogens with zero attached hydrogens (tertiary/aromatic N) is 3. The van der Waals surface area contributed by atoms with Gasteiger partial charge >= 0.3 is 5.97 Å². The van der Waals surface area contributed by atoms with Crippen LogP contribution in [0.5, 0.6) is 0 Å². The Morgan fingerprint density at radius 2 is 1.61 bits per heavy atom. The molecule has 3 rings (SSSR count). The van der Waals surface area contributed by atoms with Crippen LogP contribution in [0.4, 0.5) is 11.4 Å². The fourth-order valence-electron chi connectivity index (χ4n) is 3.53. The van der Waals surface area contributed by atoms with Crippen LogP contribution >= 0.6 is 0 Å². The van der Waals surface area contributed by atoms with Crippen molar-refractivity contribution in [3.63, 3.8) is 0 Å². The Kier molecular flexibility index (Phi) is 7.07. The molecule has 1 saturated heterocycles. The molecule has 1 fully saturated rings. The van der Waals surface area contributed by atoms with Gasteiger partial charge in [0.05, 0.1) is 25.8 Å². The Morgan fingerprint density at radius 3 is 2.19 bits per heavy atom. The highest BCUT2D eigenvalue weighted by Crippen LogP contribution is 2.28. The molecular formula is C24H27N3O4. The average molecular weight is 421 g/mol. The molecule has 0 aromatic heterocycles. The molecule has 31 heavy (non-hydrogen) atoms. The summed E-state index contributed by atoms with van der Waals surface area (Å²) in [4.78, 5) is 40.1. The number of methoxy groups -OCH3 is 1. The van der Waals surface area contributed by atoms with Gasteiger partial charge in [-0.05, 0) is 49.8 Å². The summed E-state index contributed by atoms with van der Waals surface area (Å²) >= 11 is 0. The summed E-state index contributed by atoms with van der Waals surface area (Å²) in [6.07, 6.45) is 1.59. The fraction of sp³-hybridized carbons (Fsp3) is 0.292. The Bertz CT molecular complexity index is 966. The number of esters is 1. The molecule has 7 nitrogen and oxygen atoms in total. The molecule has 0 N–H and O–H groups in total. The lowest BCUT2D eigenvalue weighted by Crippen LogP contribution is -2.42. The van der Waals surface area contributed by atoms with Crippen molar-refractivity contribution in [2.45, 2.75) is 20.3 Å². The van der Waals surface area contributed by atoms with Gasteiger partial charge < -0.3 is 9.64 Å².